The fourth-order valence-electron chi connectivity index (χ4n) is 4.75. The fraction of sp³-hybridized carbons (Fsp3) is 0.364. The molecule has 0 atom stereocenters. The van der Waals surface area contributed by atoms with Gasteiger partial charge in [-0.05, 0) is 60.7 Å². The molecule has 4 heteroatoms. The van der Waals surface area contributed by atoms with E-state index in [0.717, 1.165) is 42.0 Å². The van der Waals surface area contributed by atoms with Crippen molar-refractivity contribution in [2.75, 3.05) is 11.9 Å². The van der Waals surface area contributed by atoms with Crippen LogP contribution in [0.1, 0.15) is 64.8 Å². The number of pyridine rings is 1. The maximum Gasteiger partial charge on any atom is 0.252 e. The van der Waals surface area contributed by atoms with E-state index in [9.17, 15) is 4.79 Å². The van der Waals surface area contributed by atoms with E-state index in [1.54, 1.807) is 0 Å². The Hall–Kier alpha value is -2.62. The van der Waals surface area contributed by atoms with Crippen LogP contribution in [0.4, 0.5) is 5.82 Å². The first-order valence-corrected chi connectivity index (χ1v) is 9.56. The summed E-state index contributed by atoms with van der Waals surface area (Å²) < 4.78 is 0. The molecule has 1 aromatic carbocycles. The number of carbonyl (C=O) groups excluding carboxylic acids is 1. The smallest absolute Gasteiger partial charge is 0.252 e. The van der Waals surface area contributed by atoms with Crippen LogP contribution in [0.2, 0.25) is 0 Å². The van der Waals surface area contributed by atoms with Crippen molar-refractivity contribution in [3.8, 4) is 0 Å². The second-order valence-corrected chi connectivity index (χ2v) is 7.70. The lowest BCUT2D eigenvalue weighted by atomic mass is 9.76. The van der Waals surface area contributed by atoms with Crippen LogP contribution in [0.3, 0.4) is 0 Å². The molecule has 1 spiro atoms. The number of benzene rings is 1. The maximum atomic E-state index is 12.5. The minimum Gasteiger partial charge on any atom is -0.366 e. The molecule has 1 saturated carbocycles. The van der Waals surface area contributed by atoms with Gasteiger partial charge in [0.25, 0.3) is 5.91 Å². The highest BCUT2D eigenvalue weighted by atomic mass is 16.2. The van der Waals surface area contributed by atoms with E-state index >= 15 is 0 Å². The zero-order valence-corrected chi connectivity index (χ0v) is 15.1. The van der Waals surface area contributed by atoms with E-state index in [0.29, 0.717) is 0 Å². The van der Waals surface area contributed by atoms with Crippen molar-refractivity contribution in [1.82, 2.24) is 10.3 Å². The van der Waals surface area contributed by atoms with Gasteiger partial charge in [-0.3, -0.25) is 4.79 Å². The third-order valence-corrected chi connectivity index (χ3v) is 6.05. The van der Waals surface area contributed by atoms with Gasteiger partial charge in [-0.1, -0.05) is 31.4 Å². The van der Waals surface area contributed by atoms with E-state index in [2.05, 4.69) is 46.0 Å². The Labute approximate surface area is 153 Å². The largest absolute Gasteiger partial charge is 0.366 e. The van der Waals surface area contributed by atoms with Crippen LogP contribution in [0.5, 0.6) is 0 Å². The molecule has 0 radical (unpaired) electrons. The zero-order valence-electron chi connectivity index (χ0n) is 15.1. The van der Waals surface area contributed by atoms with Crippen molar-refractivity contribution in [1.29, 1.82) is 0 Å². The van der Waals surface area contributed by atoms with Crippen molar-refractivity contribution in [2.24, 2.45) is 0 Å². The highest BCUT2D eigenvalue weighted by Gasteiger charge is 2.43. The van der Waals surface area contributed by atoms with Crippen molar-refractivity contribution in [3.05, 3.63) is 64.4 Å². The third-order valence-electron chi connectivity index (χ3n) is 6.05. The normalized spacial score (nSPS) is 20.0. The molecular weight excluding hydrogens is 322 g/mol. The summed E-state index contributed by atoms with van der Waals surface area (Å²) >= 11 is 0. The molecule has 0 unspecified atom stereocenters. The molecule has 2 aromatic rings. The Morgan fingerprint density at radius 1 is 1.04 bits per heavy atom. The van der Waals surface area contributed by atoms with Crippen LogP contribution < -0.4 is 10.6 Å². The van der Waals surface area contributed by atoms with Gasteiger partial charge in [-0.2, -0.15) is 0 Å². The summed E-state index contributed by atoms with van der Waals surface area (Å²) in [4.78, 5) is 17.2. The van der Waals surface area contributed by atoms with Crippen molar-refractivity contribution >= 4 is 17.3 Å². The SMILES string of the molecule is Cc1ccc2c(n1)NCC=C2c1ccc2c(c1)C1(CCCCC1)NC2=O. The van der Waals surface area contributed by atoms with E-state index in [1.807, 2.05) is 13.0 Å². The Kier molecular flexibility index (Phi) is 3.42. The van der Waals surface area contributed by atoms with Crippen LogP contribution in [0.25, 0.3) is 5.57 Å². The molecule has 4 nitrogen and oxygen atoms in total. The summed E-state index contributed by atoms with van der Waals surface area (Å²) in [6.07, 6.45) is 7.95. The zero-order chi connectivity index (χ0) is 17.7. The first-order valence-electron chi connectivity index (χ1n) is 9.56. The molecule has 1 fully saturated rings. The molecule has 1 aromatic heterocycles. The molecule has 1 amide bonds. The van der Waals surface area contributed by atoms with Crippen LogP contribution in [0.15, 0.2) is 36.4 Å². The molecule has 132 valence electrons. The average molecular weight is 345 g/mol. The summed E-state index contributed by atoms with van der Waals surface area (Å²) in [7, 11) is 0. The van der Waals surface area contributed by atoms with Gasteiger partial charge in [-0.25, -0.2) is 4.98 Å². The Balaban J connectivity index is 1.62. The molecule has 26 heavy (non-hydrogen) atoms. The number of nitrogens with one attached hydrogen (secondary N) is 2. The van der Waals surface area contributed by atoms with E-state index in [1.165, 1.54) is 36.0 Å². The van der Waals surface area contributed by atoms with Crippen LogP contribution >= 0.6 is 0 Å². The van der Waals surface area contributed by atoms with Crippen molar-refractivity contribution < 1.29 is 4.79 Å². The topological polar surface area (TPSA) is 54.0 Å². The van der Waals surface area contributed by atoms with Crippen LogP contribution in [-0.4, -0.2) is 17.4 Å². The Morgan fingerprint density at radius 3 is 2.69 bits per heavy atom. The van der Waals surface area contributed by atoms with E-state index in [4.69, 9.17) is 0 Å². The van der Waals surface area contributed by atoms with Gasteiger partial charge in [0.1, 0.15) is 5.82 Å². The van der Waals surface area contributed by atoms with Gasteiger partial charge < -0.3 is 10.6 Å². The minimum atomic E-state index is -0.150. The number of aromatic nitrogens is 1. The average Bonchev–Trinajstić information content (AvgIpc) is 2.92. The predicted octanol–water partition coefficient (Wildman–Crippen LogP) is 4.15. The van der Waals surface area contributed by atoms with Crippen LogP contribution in [0, 0.1) is 6.92 Å². The Bertz CT molecular complexity index is 938. The minimum absolute atomic E-state index is 0.0884. The number of rotatable bonds is 1. The molecule has 5 rings (SSSR count). The number of hydrogen-bond donors (Lipinski definition) is 2. The van der Waals surface area contributed by atoms with Gasteiger partial charge in [0.05, 0.1) is 5.54 Å². The lowest BCUT2D eigenvalue weighted by Gasteiger charge is -2.34. The lowest BCUT2D eigenvalue weighted by molar-refractivity contribution is 0.0909. The number of aryl methyl sites for hydroxylation is 1. The monoisotopic (exact) mass is 345 g/mol. The van der Waals surface area contributed by atoms with E-state index < -0.39 is 0 Å². The van der Waals surface area contributed by atoms with Crippen LogP contribution in [-0.2, 0) is 5.54 Å². The fourth-order valence-corrected chi connectivity index (χ4v) is 4.75. The second-order valence-electron chi connectivity index (χ2n) is 7.70. The predicted molar refractivity (Wildman–Crippen MR) is 103 cm³/mol. The molecular formula is C22H23N3O. The standard InChI is InChI=1S/C22H23N3O/c1-14-5-7-17-16(9-12-23-20(17)24-14)15-6-8-18-19(13-15)22(25-21(18)26)10-3-2-4-11-22/h5-9,13H,2-4,10-12H2,1H3,(H,23,24)(H,25,26). The number of hydrogen-bond acceptors (Lipinski definition) is 3. The van der Waals surface area contributed by atoms with Gasteiger partial charge >= 0.3 is 0 Å². The number of carbonyl (C=O) groups is 1. The Morgan fingerprint density at radius 2 is 1.85 bits per heavy atom. The molecule has 0 bridgehead atoms. The molecule has 1 aliphatic carbocycles. The number of fused-ring (bicyclic) bond motifs is 3. The molecule has 3 heterocycles. The molecule has 2 N–H and O–H groups in total. The second kappa shape index (κ2) is 5.70. The van der Waals surface area contributed by atoms with Gasteiger partial charge in [0, 0.05) is 23.4 Å². The lowest BCUT2D eigenvalue weighted by Crippen LogP contribution is -2.40. The quantitative estimate of drug-likeness (QED) is 0.816. The molecule has 2 aliphatic heterocycles. The summed E-state index contributed by atoms with van der Waals surface area (Å²) in [5.41, 5.74) is 6.44. The summed E-state index contributed by atoms with van der Waals surface area (Å²) in [5, 5.41) is 6.67. The molecule has 3 aliphatic rings. The summed E-state index contributed by atoms with van der Waals surface area (Å²) in [5.74, 6) is 1.04. The van der Waals surface area contributed by atoms with E-state index in [-0.39, 0.29) is 11.4 Å². The first-order chi connectivity index (χ1) is 12.7. The highest BCUT2D eigenvalue weighted by molar-refractivity contribution is 6.01. The molecule has 0 saturated heterocycles. The highest BCUT2D eigenvalue weighted by Crippen LogP contribution is 2.44. The first kappa shape index (κ1) is 15.6. The number of amides is 1. The van der Waals surface area contributed by atoms with Gasteiger partial charge in [0.2, 0.25) is 0 Å². The van der Waals surface area contributed by atoms with Gasteiger partial charge in [-0.15, -0.1) is 0 Å². The third kappa shape index (κ3) is 2.28. The number of anilines is 1. The van der Waals surface area contributed by atoms with Crippen molar-refractivity contribution in [3.63, 3.8) is 0 Å². The van der Waals surface area contributed by atoms with Gasteiger partial charge in [0.15, 0.2) is 0 Å². The van der Waals surface area contributed by atoms with Crippen molar-refractivity contribution in [2.45, 2.75) is 44.6 Å². The maximum absolute atomic E-state index is 12.5. The number of nitrogens with zero attached hydrogens (tertiary/aromatic N) is 1. The summed E-state index contributed by atoms with van der Waals surface area (Å²) in [6, 6.07) is 10.5. The summed E-state index contributed by atoms with van der Waals surface area (Å²) in [6.45, 7) is 2.79.